The van der Waals surface area contributed by atoms with Gasteiger partial charge >= 0.3 is 0 Å². The number of nitrogens with zero attached hydrogens (tertiary/aromatic N) is 1. The number of terminal acetylenes is 1. The van der Waals surface area contributed by atoms with Crippen LogP contribution in [0.2, 0.25) is 0 Å². The average molecular weight is 472 g/mol. The summed E-state index contributed by atoms with van der Waals surface area (Å²) >= 11 is 0. The average Bonchev–Trinajstić information content (AvgIpc) is 3.19. The molecule has 0 aromatic heterocycles. The van der Waals surface area contributed by atoms with Crippen molar-refractivity contribution in [1.82, 2.24) is 15.5 Å². The van der Waals surface area contributed by atoms with Gasteiger partial charge in [-0.2, -0.15) is 0 Å². The number of amides is 3. The van der Waals surface area contributed by atoms with Crippen molar-refractivity contribution in [2.75, 3.05) is 13.2 Å². The number of carbonyl (C=O) groups is 3. The van der Waals surface area contributed by atoms with Crippen LogP contribution in [0.5, 0.6) is 0 Å². The summed E-state index contributed by atoms with van der Waals surface area (Å²) in [6.45, 7) is 5.94. The fraction of sp³-hybridized carbons (Fsp3) is 0.577. The minimum Gasteiger partial charge on any atom is -0.396 e. The number of aliphatic hydroxyl groups excluding tert-OH is 2. The molecule has 1 aliphatic rings. The van der Waals surface area contributed by atoms with Crippen molar-refractivity contribution in [2.24, 2.45) is 5.41 Å². The SMILES string of the molecule is C#Cc1ccc(CNC(=O)[C@@H]2C[C@@H](O)CN2C(=O)[C@@H](NC(=O)CCCCCO)C(C)(C)C)cc1. The summed E-state index contributed by atoms with van der Waals surface area (Å²) in [6.07, 6.45) is 6.92. The van der Waals surface area contributed by atoms with Crippen LogP contribution in [0.15, 0.2) is 24.3 Å². The first-order valence-corrected chi connectivity index (χ1v) is 11.8. The van der Waals surface area contributed by atoms with E-state index in [4.69, 9.17) is 11.5 Å². The lowest BCUT2D eigenvalue weighted by Gasteiger charge is -2.35. The van der Waals surface area contributed by atoms with E-state index in [0.29, 0.717) is 12.8 Å². The van der Waals surface area contributed by atoms with Crippen molar-refractivity contribution in [2.45, 2.75) is 77.6 Å². The smallest absolute Gasteiger partial charge is 0.246 e. The molecule has 0 aliphatic carbocycles. The molecule has 8 nitrogen and oxygen atoms in total. The fourth-order valence-corrected chi connectivity index (χ4v) is 3.95. The Bertz CT molecular complexity index is 885. The maximum atomic E-state index is 13.5. The number of β-amino-alcohol motifs (C(OH)–C–C–N with tert-alkyl or cyclic N) is 1. The Balaban J connectivity index is 2.05. The molecule has 1 aromatic carbocycles. The van der Waals surface area contributed by atoms with Crippen LogP contribution in [0, 0.1) is 17.8 Å². The summed E-state index contributed by atoms with van der Waals surface area (Å²) in [4.78, 5) is 40.3. The van der Waals surface area contributed by atoms with E-state index in [1.165, 1.54) is 4.90 Å². The number of carbonyl (C=O) groups excluding carboxylic acids is 3. The number of nitrogens with one attached hydrogen (secondary N) is 2. The van der Waals surface area contributed by atoms with Crippen LogP contribution in [-0.4, -0.2) is 64.2 Å². The van der Waals surface area contributed by atoms with Crippen molar-refractivity contribution < 1.29 is 24.6 Å². The molecule has 2 rings (SSSR count). The predicted octanol–water partition coefficient (Wildman–Crippen LogP) is 1.33. The number of benzene rings is 1. The Labute approximate surface area is 202 Å². The van der Waals surface area contributed by atoms with E-state index in [0.717, 1.165) is 17.5 Å². The number of hydrogen-bond donors (Lipinski definition) is 4. The summed E-state index contributed by atoms with van der Waals surface area (Å²) in [6, 6.07) is 5.57. The molecule has 0 saturated carbocycles. The third-order valence-corrected chi connectivity index (χ3v) is 5.93. The molecule has 0 radical (unpaired) electrons. The third-order valence-electron chi connectivity index (χ3n) is 5.93. The van der Waals surface area contributed by atoms with Gasteiger partial charge in [0.15, 0.2) is 0 Å². The van der Waals surface area contributed by atoms with Crippen LogP contribution in [0.1, 0.15) is 64.0 Å². The quantitative estimate of drug-likeness (QED) is 0.303. The van der Waals surface area contributed by atoms with Gasteiger partial charge in [-0.15, -0.1) is 6.42 Å². The van der Waals surface area contributed by atoms with Gasteiger partial charge in [-0.05, 0) is 36.0 Å². The van der Waals surface area contributed by atoms with Crippen LogP contribution in [0.4, 0.5) is 0 Å². The highest BCUT2D eigenvalue weighted by Gasteiger charge is 2.44. The van der Waals surface area contributed by atoms with Crippen molar-refractivity contribution in [3.05, 3.63) is 35.4 Å². The van der Waals surface area contributed by atoms with Gasteiger partial charge in [0.05, 0.1) is 6.10 Å². The van der Waals surface area contributed by atoms with Crippen molar-refractivity contribution >= 4 is 17.7 Å². The van der Waals surface area contributed by atoms with Crippen LogP contribution in [0.25, 0.3) is 0 Å². The van der Waals surface area contributed by atoms with E-state index in [2.05, 4.69) is 16.6 Å². The summed E-state index contributed by atoms with van der Waals surface area (Å²) in [5.74, 6) is 1.56. The van der Waals surface area contributed by atoms with Crippen molar-refractivity contribution in [1.29, 1.82) is 0 Å². The zero-order chi connectivity index (χ0) is 25.3. The second-order valence-corrected chi connectivity index (χ2v) is 9.86. The van der Waals surface area contributed by atoms with Gasteiger partial charge in [0, 0.05) is 38.1 Å². The third kappa shape index (κ3) is 7.86. The van der Waals surface area contributed by atoms with Gasteiger partial charge < -0.3 is 25.7 Å². The van der Waals surface area contributed by atoms with E-state index in [-0.39, 0.29) is 50.3 Å². The normalized spacial score (nSPS) is 18.8. The van der Waals surface area contributed by atoms with Gasteiger partial charge in [0.2, 0.25) is 17.7 Å². The van der Waals surface area contributed by atoms with Crippen molar-refractivity contribution in [3.63, 3.8) is 0 Å². The number of aliphatic hydroxyl groups is 2. The largest absolute Gasteiger partial charge is 0.396 e. The maximum Gasteiger partial charge on any atom is 0.246 e. The highest BCUT2D eigenvalue weighted by atomic mass is 16.3. The monoisotopic (exact) mass is 471 g/mol. The lowest BCUT2D eigenvalue weighted by molar-refractivity contribution is -0.144. The molecule has 1 heterocycles. The van der Waals surface area contributed by atoms with E-state index in [1.807, 2.05) is 32.9 Å². The molecule has 0 spiro atoms. The Morgan fingerprint density at radius 1 is 1.18 bits per heavy atom. The predicted molar refractivity (Wildman–Crippen MR) is 129 cm³/mol. The summed E-state index contributed by atoms with van der Waals surface area (Å²) in [7, 11) is 0. The molecule has 3 atom stereocenters. The molecule has 1 aliphatic heterocycles. The van der Waals surface area contributed by atoms with Crippen LogP contribution < -0.4 is 10.6 Å². The van der Waals surface area contributed by atoms with E-state index in [1.54, 1.807) is 12.1 Å². The Kier molecular flexibility index (Phi) is 10.1. The lowest BCUT2D eigenvalue weighted by atomic mass is 9.85. The first kappa shape index (κ1) is 27.4. The Hall–Kier alpha value is -2.89. The zero-order valence-electron chi connectivity index (χ0n) is 20.3. The Morgan fingerprint density at radius 3 is 2.44 bits per heavy atom. The molecule has 34 heavy (non-hydrogen) atoms. The fourth-order valence-electron chi connectivity index (χ4n) is 3.95. The number of likely N-dealkylation sites (tertiary alicyclic amines) is 1. The minimum atomic E-state index is -0.838. The second kappa shape index (κ2) is 12.5. The minimum absolute atomic E-state index is 0.0345. The second-order valence-electron chi connectivity index (χ2n) is 9.86. The number of hydrogen-bond acceptors (Lipinski definition) is 5. The zero-order valence-corrected chi connectivity index (χ0v) is 20.3. The number of unbranched alkanes of at least 4 members (excludes halogenated alkanes) is 2. The van der Waals surface area contributed by atoms with Crippen LogP contribution in [0.3, 0.4) is 0 Å². The summed E-state index contributed by atoms with van der Waals surface area (Å²) < 4.78 is 0. The molecular weight excluding hydrogens is 434 g/mol. The molecule has 186 valence electrons. The molecule has 1 saturated heterocycles. The highest BCUT2D eigenvalue weighted by Crippen LogP contribution is 2.26. The van der Waals surface area contributed by atoms with E-state index in [9.17, 15) is 19.5 Å². The molecule has 4 N–H and O–H groups in total. The highest BCUT2D eigenvalue weighted by molar-refractivity contribution is 5.93. The Morgan fingerprint density at radius 2 is 1.85 bits per heavy atom. The molecule has 1 aromatic rings. The van der Waals surface area contributed by atoms with Crippen molar-refractivity contribution in [3.8, 4) is 12.3 Å². The van der Waals surface area contributed by atoms with E-state index < -0.39 is 23.6 Å². The molecule has 3 amide bonds. The lowest BCUT2D eigenvalue weighted by Crippen LogP contribution is -2.57. The topological polar surface area (TPSA) is 119 Å². The van der Waals surface area contributed by atoms with Crippen LogP contribution in [-0.2, 0) is 20.9 Å². The molecule has 0 unspecified atom stereocenters. The van der Waals surface area contributed by atoms with Gasteiger partial charge in [-0.3, -0.25) is 14.4 Å². The van der Waals surface area contributed by atoms with Gasteiger partial charge in [0.1, 0.15) is 12.1 Å². The standard InChI is InChI=1S/C26H37N3O5/c1-5-18-10-12-19(13-11-18)16-27-24(33)21-15-20(31)17-29(21)25(34)23(26(2,3)4)28-22(32)9-7-6-8-14-30/h1,10-13,20-21,23,30-31H,6-9,14-17H2,2-4H3,(H,27,33)(H,28,32)/t20-,21+,23-/m1/s1. The van der Waals surface area contributed by atoms with Gasteiger partial charge in [0.25, 0.3) is 0 Å². The summed E-state index contributed by atoms with van der Waals surface area (Å²) in [5, 5.41) is 24.8. The molecule has 8 heteroatoms. The summed E-state index contributed by atoms with van der Waals surface area (Å²) in [5.41, 5.74) is 1.02. The molecule has 0 bridgehead atoms. The number of rotatable bonds is 10. The van der Waals surface area contributed by atoms with Gasteiger partial charge in [-0.1, -0.05) is 45.2 Å². The first-order valence-electron chi connectivity index (χ1n) is 11.8. The molecular formula is C26H37N3O5. The van der Waals surface area contributed by atoms with E-state index >= 15 is 0 Å². The maximum absolute atomic E-state index is 13.5. The van der Waals surface area contributed by atoms with Crippen LogP contribution >= 0.6 is 0 Å². The molecule has 1 fully saturated rings. The first-order chi connectivity index (χ1) is 16.1. The van der Waals surface area contributed by atoms with Gasteiger partial charge in [-0.25, -0.2) is 0 Å².